The van der Waals surface area contributed by atoms with Crippen molar-refractivity contribution in [3.05, 3.63) is 74.8 Å². The van der Waals surface area contributed by atoms with Crippen molar-refractivity contribution in [2.45, 2.75) is 40.0 Å². The number of carbonyl (C=O) groups excluding carboxylic acids is 2. The highest BCUT2D eigenvalue weighted by Crippen LogP contribution is 2.44. The number of halogens is 1. The number of hydrogen-bond acceptors (Lipinski definition) is 4. The van der Waals surface area contributed by atoms with Crippen molar-refractivity contribution >= 4 is 49.8 Å². The number of aromatic nitrogens is 1. The van der Waals surface area contributed by atoms with Crippen LogP contribution < -0.4 is 10.6 Å². The van der Waals surface area contributed by atoms with Crippen molar-refractivity contribution in [3.63, 3.8) is 0 Å². The van der Waals surface area contributed by atoms with E-state index in [1.807, 2.05) is 24.3 Å². The maximum absolute atomic E-state index is 13.4. The van der Waals surface area contributed by atoms with Gasteiger partial charge in [-0.1, -0.05) is 36.7 Å². The quantitative estimate of drug-likeness (QED) is 0.416. The average Bonchev–Trinajstić information content (AvgIpc) is 3.12. The smallest absolute Gasteiger partial charge is 0.258 e. The Morgan fingerprint density at radius 3 is 2.50 bits per heavy atom. The van der Waals surface area contributed by atoms with E-state index in [1.54, 1.807) is 18.3 Å². The molecule has 0 radical (unpaired) electrons. The van der Waals surface area contributed by atoms with Crippen LogP contribution in [-0.2, 0) is 12.8 Å². The highest BCUT2D eigenvalue weighted by molar-refractivity contribution is 9.10. The predicted octanol–water partition coefficient (Wildman–Crippen LogP) is 6.56. The van der Waals surface area contributed by atoms with E-state index in [2.05, 4.69) is 52.3 Å². The Balaban J connectivity index is 1.68. The molecule has 0 fully saturated rings. The molecule has 2 heterocycles. The van der Waals surface area contributed by atoms with Crippen molar-refractivity contribution < 1.29 is 9.59 Å². The zero-order chi connectivity index (χ0) is 22.9. The minimum Gasteiger partial charge on any atom is -0.322 e. The van der Waals surface area contributed by atoms with Crippen LogP contribution in [0.15, 0.2) is 53.3 Å². The van der Waals surface area contributed by atoms with Crippen molar-refractivity contribution in [3.8, 4) is 0 Å². The van der Waals surface area contributed by atoms with E-state index in [-0.39, 0.29) is 17.2 Å². The Morgan fingerprint density at radius 2 is 1.84 bits per heavy atom. The van der Waals surface area contributed by atoms with Crippen molar-refractivity contribution in [1.82, 2.24) is 4.98 Å². The number of hydrogen-bond donors (Lipinski definition) is 2. The first-order valence-electron chi connectivity index (χ1n) is 10.6. The lowest BCUT2D eigenvalue weighted by molar-refractivity contribution is 0.102. The Hall–Kier alpha value is -2.51. The molecule has 2 aromatic heterocycles. The number of nitrogens with one attached hydrogen (secondary N) is 2. The Labute approximate surface area is 200 Å². The number of carbonyl (C=O) groups is 2. The van der Waals surface area contributed by atoms with E-state index in [4.69, 9.17) is 0 Å². The monoisotopic (exact) mass is 511 g/mol. The summed E-state index contributed by atoms with van der Waals surface area (Å²) >= 11 is 4.94. The first kappa shape index (κ1) is 22.7. The molecule has 2 N–H and O–H groups in total. The summed E-state index contributed by atoms with van der Waals surface area (Å²) < 4.78 is 0.945. The zero-order valence-corrected chi connectivity index (χ0v) is 20.8. The van der Waals surface area contributed by atoms with Crippen molar-refractivity contribution in [2.75, 3.05) is 10.6 Å². The fourth-order valence-electron chi connectivity index (χ4n) is 4.05. The first-order valence-corrected chi connectivity index (χ1v) is 12.3. The fourth-order valence-corrected chi connectivity index (χ4v) is 5.64. The number of benzene rings is 1. The van der Waals surface area contributed by atoms with E-state index >= 15 is 0 Å². The molecular formula is C25H26BrN3O2S. The van der Waals surface area contributed by atoms with Gasteiger partial charge in [-0.15, -0.1) is 11.3 Å². The van der Waals surface area contributed by atoms with Crippen LogP contribution in [0, 0.1) is 11.3 Å². The second-order valence-corrected chi connectivity index (χ2v) is 11.2. The SMILES string of the molecule is CC(C)(C)C1CCc2c(sc(NC(=O)c3cccnc3)c2C(=O)Nc2ccc(Br)cc2)C1. The molecule has 0 aliphatic heterocycles. The third-order valence-corrected chi connectivity index (χ3v) is 7.67. The molecule has 0 saturated heterocycles. The third kappa shape index (κ3) is 4.94. The molecule has 1 unspecified atom stereocenters. The van der Waals surface area contributed by atoms with Gasteiger partial charge in [0.1, 0.15) is 5.00 Å². The van der Waals surface area contributed by atoms with Gasteiger partial charge in [0.05, 0.1) is 11.1 Å². The average molecular weight is 512 g/mol. The molecule has 1 atom stereocenters. The number of anilines is 2. The number of thiophene rings is 1. The molecule has 166 valence electrons. The van der Waals surface area contributed by atoms with E-state index in [9.17, 15) is 9.59 Å². The van der Waals surface area contributed by atoms with Crippen LogP contribution in [0.1, 0.15) is 58.3 Å². The Kier molecular flexibility index (Phi) is 6.49. The summed E-state index contributed by atoms with van der Waals surface area (Å²) in [5.41, 5.74) is 3.02. The molecule has 0 bridgehead atoms. The van der Waals surface area contributed by atoms with Gasteiger partial charge in [-0.05, 0) is 72.6 Å². The molecule has 32 heavy (non-hydrogen) atoms. The number of pyridine rings is 1. The molecule has 4 rings (SSSR count). The lowest BCUT2D eigenvalue weighted by Crippen LogP contribution is -2.27. The van der Waals surface area contributed by atoms with E-state index < -0.39 is 0 Å². The second-order valence-electron chi connectivity index (χ2n) is 9.17. The second kappa shape index (κ2) is 9.16. The topological polar surface area (TPSA) is 71.1 Å². The molecule has 5 nitrogen and oxygen atoms in total. The zero-order valence-electron chi connectivity index (χ0n) is 18.4. The van der Waals surface area contributed by atoms with Gasteiger partial charge in [0.2, 0.25) is 0 Å². The summed E-state index contributed by atoms with van der Waals surface area (Å²) in [6, 6.07) is 10.9. The minimum absolute atomic E-state index is 0.194. The van der Waals surface area contributed by atoms with Crippen molar-refractivity contribution in [1.29, 1.82) is 0 Å². The Morgan fingerprint density at radius 1 is 1.09 bits per heavy atom. The maximum atomic E-state index is 13.4. The highest BCUT2D eigenvalue weighted by Gasteiger charge is 2.34. The molecule has 3 aromatic rings. The van der Waals surface area contributed by atoms with Crippen LogP contribution in [0.3, 0.4) is 0 Å². The molecule has 1 aromatic carbocycles. The van der Waals surface area contributed by atoms with Crippen LogP contribution in [0.4, 0.5) is 10.7 Å². The van der Waals surface area contributed by atoms with Gasteiger partial charge in [0, 0.05) is 27.4 Å². The van der Waals surface area contributed by atoms with Crippen LogP contribution in [0.2, 0.25) is 0 Å². The summed E-state index contributed by atoms with van der Waals surface area (Å²) in [7, 11) is 0. The summed E-state index contributed by atoms with van der Waals surface area (Å²) in [6.07, 6.45) is 5.94. The summed E-state index contributed by atoms with van der Waals surface area (Å²) in [5, 5.41) is 6.59. The highest BCUT2D eigenvalue weighted by atomic mass is 79.9. The van der Waals surface area contributed by atoms with Crippen molar-refractivity contribution in [2.24, 2.45) is 11.3 Å². The van der Waals surface area contributed by atoms with Gasteiger partial charge >= 0.3 is 0 Å². The van der Waals surface area contributed by atoms with Gasteiger partial charge in [0.25, 0.3) is 11.8 Å². The minimum atomic E-state index is -0.262. The molecule has 1 aliphatic carbocycles. The molecule has 0 saturated carbocycles. The number of fused-ring (bicyclic) bond motifs is 1. The molecule has 7 heteroatoms. The van der Waals surface area contributed by atoms with E-state index in [1.165, 1.54) is 22.4 Å². The van der Waals surface area contributed by atoms with Crippen LogP contribution in [0.25, 0.3) is 0 Å². The Bertz CT molecular complexity index is 1130. The molecule has 2 amide bonds. The van der Waals surface area contributed by atoms with Crippen LogP contribution in [0.5, 0.6) is 0 Å². The number of rotatable bonds is 4. The van der Waals surface area contributed by atoms with Gasteiger partial charge < -0.3 is 10.6 Å². The molecule has 0 spiro atoms. The summed E-state index contributed by atoms with van der Waals surface area (Å²) in [5.74, 6) is 0.0835. The van der Waals surface area contributed by atoms with Crippen LogP contribution >= 0.6 is 27.3 Å². The van der Waals surface area contributed by atoms with E-state index in [0.29, 0.717) is 27.7 Å². The van der Waals surface area contributed by atoms with E-state index in [0.717, 1.165) is 29.3 Å². The standard InChI is InChI=1S/C25H26BrN3O2S/c1-25(2,3)16-6-11-19-20(13-16)32-24(29-22(30)15-5-4-12-27-14-15)21(19)23(31)28-18-9-7-17(26)8-10-18/h4-5,7-10,12,14,16H,6,11,13H2,1-3H3,(H,28,31)(H,29,30). The predicted molar refractivity (Wildman–Crippen MR) is 134 cm³/mol. The largest absolute Gasteiger partial charge is 0.322 e. The molecular weight excluding hydrogens is 486 g/mol. The fraction of sp³-hybridized carbons (Fsp3) is 0.320. The molecule has 1 aliphatic rings. The normalized spacial score (nSPS) is 15.7. The van der Waals surface area contributed by atoms with Gasteiger partial charge in [-0.2, -0.15) is 0 Å². The lowest BCUT2D eigenvalue weighted by atomic mass is 9.72. The summed E-state index contributed by atoms with van der Waals surface area (Å²) in [4.78, 5) is 31.4. The number of nitrogens with zero attached hydrogens (tertiary/aromatic N) is 1. The summed E-state index contributed by atoms with van der Waals surface area (Å²) in [6.45, 7) is 6.80. The van der Waals surface area contributed by atoms with Crippen LogP contribution in [-0.4, -0.2) is 16.8 Å². The van der Waals surface area contributed by atoms with Gasteiger partial charge in [0.15, 0.2) is 0 Å². The third-order valence-electron chi connectivity index (χ3n) is 5.97. The first-order chi connectivity index (χ1) is 15.2. The van der Waals surface area contributed by atoms with Gasteiger partial charge in [-0.3, -0.25) is 14.6 Å². The maximum Gasteiger partial charge on any atom is 0.258 e. The van der Waals surface area contributed by atoms with Gasteiger partial charge in [-0.25, -0.2) is 0 Å². The number of amides is 2. The lowest BCUT2D eigenvalue weighted by Gasteiger charge is -2.33.